The van der Waals surface area contributed by atoms with Crippen molar-refractivity contribution >= 4 is 15.8 Å². The Hall–Kier alpha value is -2.23. The first kappa shape index (κ1) is 21.0. The summed E-state index contributed by atoms with van der Waals surface area (Å²) < 4.78 is 34.0. The van der Waals surface area contributed by atoms with Gasteiger partial charge in [-0.25, -0.2) is 18.4 Å². The minimum Gasteiger partial charge on any atom is -0.496 e. The molecule has 3 heterocycles. The molecule has 1 aromatic heterocycles. The van der Waals surface area contributed by atoms with Gasteiger partial charge in [-0.3, -0.25) is 0 Å². The van der Waals surface area contributed by atoms with Crippen LogP contribution in [0, 0.1) is 6.92 Å². The quantitative estimate of drug-likeness (QED) is 0.750. The summed E-state index contributed by atoms with van der Waals surface area (Å²) in [6.07, 6.45) is 3.32. The zero-order valence-electron chi connectivity index (χ0n) is 17.7. The number of anilines is 1. The number of fused-ring (bicyclic) bond motifs is 1. The number of nitrogens with one attached hydrogen (secondary N) is 2. The lowest BCUT2D eigenvalue weighted by atomic mass is 10.0. The van der Waals surface area contributed by atoms with Crippen LogP contribution in [0.3, 0.4) is 0 Å². The zero-order chi connectivity index (χ0) is 21.3. The molecule has 2 aliphatic heterocycles. The molecule has 0 bridgehead atoms. The number of rotatable bonds is 5. The largest absolute Gasteiger partial charge is 0.496 e. The van der Waals surface area contributed by atoms with Crippen molar-refractivity contribution in [2.45, 2.75) is 50.1 Å². The second-order valence-electron chi connectivity index (χ2n) is 7.79. The van der Waals surface area contributed by atoms with Crippen LogP contribution in [-0.4, -0.2) is 49.9 Å². The predicted octanol–water partition coefficient (Wildman–Crippen LogP) is 2.40. The van der Waals surface area contributed by atoms with E-state index in [2.05, 4.69) is 10.6 Å². The van der Waals surface area contributed by atoms with Crippen LogP contribution in [0.5, 0.6) is 5.75 Å². The maximum absolute atomic E-state index is 13.6. The van der Waals surface area contributed by atoms with E-state index in [1.165, 1.54) is 0 Å². The Balaban J connectivity index is 1.74. The molecular formula is C21H29N5O3S. The van der Waals surface area contributed by atoms with Crippen molar-refractivity contribution in [1.82, 2.24) is 19.6 Å². The van der Waals surface area contributed by atoms with E-state index >= 15 is 0 Å². The molecule has 9 heteroatoms. The fraction of sp³-hybridized carbons (Fsp3) is 0.524. The normalized spacial score (nSPS) is 19.9. The monoisotopic (exact) mass is 431 g/mol. The number of ether oxygens (including phenoxy) is 1. The first-order valence-electron chi connectivity index (χ1n) is 10.4. The van der Waals surface area contributed by atoms with Crippen molar-refractivity contribution in [3.05, 3.63) is 40.8 Å². The Labute approximate surface area is 178 Å². The summed E-state index contributed by atoms with van der Waals surface area (Å²) in [7, 11) is -0.256. The summed E-state index contributed by atoms with van der Waals surface area (Å²) in [5.74, 6) is 2.05. The number of nitrogens with zero attached hydrogens (tertiary/aromatic N) is 3. The SMILES string of the molecule is CNc1nc([C@H]2CCCCN2S(=O)(=O)c2ccc(OC)c(C)c2)nc2c1CNCC2. The molecule has 2 aromatic rings. The summed E-state index contributed by atoms with van der Waals surface area (Å²) in [6.45, 7) is 3.91. The van der Waals surface area contributed by atoms with Gasteiger partial charge in [0.2, 0.25) is 10.0 Å². The van der Waals surface area contributed by atoms with E-state index in [9.17, 15) is 8.42 Å². The number of methoxy groups -OCH3 is 1. The van der Waals surface area contributed by atoms with E-state index in [-0.39, 0.29) is 10.9 Å². The van der Waals surface area contributed by atoms with Gasteiger partial charge < -0.3 is 15.4 Å². The molecule has 0 unspecified atom stereocenters. The fourth-order valence-corrected chi connectivity index (χ4v) is 6.06. The highest BCUT2D eigenvalue weighted by atomic mass is 32.2. The van der Waals surface area contributed by atoms with E-state index in [0.29, 0.717) is 24.5 Å². The smallest absolute Gasteiger partial charge is 0.243 e. The molecule has 1 saturated heterocycles. The van der Waals surface area contributed by atoms with Crippen LogP contribution in [0.1, 0.15) is 47.9 Å². The number of aromatic nitrogens is 2. The molecular weight excluding hydrogens is 402 g/mol. The van der Waals surface area contributed by atoms with Crippen LogP contribution in [0.2, 0.25) is 0 Å². The highest BCUT2D eigenvalue weighted by Crippen LogP contribution is 2.36. The van der Waals surface area contributed by atoms with Crippen molar-refractivity contribution < 1.29 is 13.2 Å². The second-order valence-corrected chi connectivity index (χ2v) is 9.68. The second kappa shape index (κ2) is 8.49. The van der Waals surface area contributed by atoms with Gasteiger partial charge >= 0.3 is 0 Å². The van der Waals surface area contributed by atoms with Crippen LogP contribution in [0.4, 0.5) is 5.82 Å². The van der Waals surface area contributed by atoms with Crippen LogP contribution in [-0.2, 0) is 23.0 Å². The maximum Gasteiger partial charge on any atom is 0.243 e. The average Bonchev–Trinajstić information content (AvgIpc) is 2.78. The van der Waals surface area contributed by atoms with Crippen molar-refractivity contribution in [2.24, 2.45) is 0 Å². The Morgan fingerprint density at radius 1 is 1.27 bits per heavy atom. The van der Waals surface area contributed by atoms with Crippen LogP contribution in [0.15, 0.2) is 23.1 Å². The molecule has 0 saturated carbocycles. The van der Waals surface area contributed by atoms with Crippen LogP contribution >= 0.6 is 0 Å². The number of hydrogen-bond acceptors (Lipinski definition) is 7. The Bertz CT molecular complexity index is 1020. The molecule has 4 rings (SSSR count). The first-order valence-corrected chi connectivity index (χ1v) is 11.8. The van der Waals surface area contributed by atoms with Gasteiger partial charge in [-0.1, -0.05) is 6.42 Å². The molecule has 8 nitrogen and oxygen atoms in total. The third-order valence-electron chi connectivity index (χ3n) is 5.91. The fourth-order valence-electron chi connectivity index (χ4n) is 4.32. The molecule has 2 aliphatic rings. The van der Waals surface area contributed by atoms with Gasteiger partial charge in [0.05, 0.1) is 23.7 Å². The molecule has 2 N–H and O–H groups in total. The molecule has 1 atom stereocenters. The average molecular weight is 432 g/mol. The van der Waals surface area contributed by atoms with Gasteiger partial charge in [-0.2, -0.15) is 4.31 Å². The number of hydrogen-bond donors (Lipinski definition) is 2. The minimum atomic E-state index is -3.68. The summed E-state index contributed by atoms with van der Waals surface area (Å²) in [5.41, 5.74) is 2.87. The summed E-state index contributed by atoms with van der Waals surface area (Å²) in [4.78, 5) is 9.85. The number of piperidine rings is 1. The lowest BCUT2D eigenvalue weighted by molar-refractivity contribution is 0.246. The predicted molar refractivity (Wildman–Crippen MR) is 115 cm³/mol. The molecule has 30 heavy (non-hydrogen) atoms. The zero-order valence-corrected chi connectivity index (χ0v) is 18.6. The molecule has 0 spiro atoms. The Morgan fingerprint density at radius 2 is 2.10 bits per heavy atom. The summed E-state index contributed by atoms with van der Waals surface area (Å²) >= 11 is 0. The number of sulfonamides is 1. The van der Waals surface area contributed by atoms with Crippen molar-refractivity contribution in [1.29, 1.82) is 0 Å². The van der Waals surface area contributed by atoms with E-state index < -0.39 is 10.0 Å². The summed E-state index contributed by atoms with van der Waals surface area (Å²) in [6, 6.07) is 4.64. The third kappa shape index (κ3) is 3.77. The van der Waals surface area contributed by atoms with Crippen LogP contribution < -0.4 is 15.4 Å². The van der Waals surface area contributed by atoms with E-state index in [4.69, 9.17) is 14.7 Å². The molecule has 0 radical (unpaired) electrons. The van der Waals surface area contributed by atoms with E-state index in [1.54, 1.807) is 29.6 Å². The van der Waals surface area contributed by atoms with Crippen molar-refractivity contribution in [3.8, 4) is 5.75 Å². The number of aryl methyl sites for hydroxylation is 1. The highest BCUT2D eigenvalue weighted by Gasteiger charge is 2.37. The van der Waals surface area contributed by atoms with Crippen molar-refractivity contribution in [2.75, 3.05) is 32.6 Å². The van der Waals surface area contributed by atoms with Gasteiger partial charge in [-0.05, 0) is 43.5 Å². The van der Waals surface area contributed by atoms with E-state index in [0.717, 1.165) is 55.0 Å². The van der Waals surface area contributed by atoms with Gasteiger partial charge in [0, 0.05) is 38.7 Å². The van der Waals surface area contributed by atoms with Crippen molar-refractivity contribution in [3.63, 3.8) is 0 Å². The van der Waals surface area contributed by atoms with E-state index in [1.807, 2.05) is 14.0 Å². The minimum absolute atomic E-state index is 0.281. The molecule has 162 valence electrons. The Kier molecular flexibility index (Phi) is 5.95. The van der Waals surface area contributed by atoms with Crippen LogP contribution in [0.25, 0.3) is 0 Å². The molecule has 1 aromatic carbocycles. The highest BCUT2D eigenvalue weighted by molar-refractivity contribution is 7.89. The summed E-state index contributed by atoms with van der Waals surface area (Å²) in [5, 5.41) is 6.51. The third-order valence-corrected chi connectivity index (χ3v) is 7.82. The maximum atomic E-state index is 13.6. The van der Waals surface area contributed by atoms with Gasteiger partial charge in [0.15, 0.2) is 0 Å². The standard InChI is InChI=1S/C21H29N5O3S/c1-14-12-15(7-8-19(14)29-3)30(27,28)26-11-5-4-6-18(26)21-24-17-9-10-23-13-16(17)20(22-2)25-21/h7-8,12,18,23H,4-6,9-11,13H2,1-3H3,(H,22,24,25)/t18-/m1/s1. The first-order chi connectivity index (χ1) is 14.5. The lowest BCUT2D eigenvalue weighted by Gasteiger charge is -2.34. The lowest BCUT2D eigenvalue weighted by Crippen LogP contribution is -2.39. The van der Waals surface area contributed by atoms with Gasteiger partial charge in [-0.15, -0.1) is 0 Å². The molecule has 1 fully saturated rings. The van der Waals surface area contributed by atoms with Gasteiger partial charge in [0.25, 0.3) is 0 Å². The van der Waals surface area contributed by atoms with Gasteiger partial charge in [0.1, 0.15) is 17.4 Å². The Morgan fingerprint density at radius 3 is 2.83 bits per heavy atom. The topological polar surface area (TPSA) is 96.5 Å². The molecule has 0 amide bonds. The molecule has 0 aliphatic carbocycles. The number of benzene rings is 1.